The summed E-state index contributed by atoms with van der Waals surface area (Å²) in [4.78, 5) is 12.4. The molecule has 2 rings (SSSR count). The molecule has 19 heavy (non-hydrogen) atoms. The molecule has 1 atom stereocenters. The molecule has 5 heteroatoms. The lowest BCUT2D eigenvalue weighted by atomic mass is 10.1. The summed E-state index contributed by atoms with van der Waals surface area (Å²) in [6.45, 7) is 2.00. The molecule has 1 unspecified atom stereocenters. The lowest BCUT2D eigenvalue weighted by Crippen LogP contribution is -2.10. The van der Waals surface area contributed by atoms with E-state index in [0.29, 0.717) is 11.4 Å². The average molecular weight is 277 g/mol. The summed E-state index contributed by atoms with van der Waals surface area (Å²) in [7, 11) is 1.56. The van der Waals surface area contributed by atoms with Crippen LogP contribution in [0.15, 0.2) is 35.7 Å². The molecule has 0 bridgehead atoms. The number of hydrogen-bond donors (Lipinski definition) is 2. The van der Waals surface area contributed by atoms with Crippen LogP contribution in [0.5, 0.6) is 5.75 Å². The second kappa shape index (κ2) is 5.75. The number of hydrogen-bond acceptors (Lipinski definition) is 4. The van der Waals surface area contributed by atoms with Crippen molar-refractivity contribution in [3.63, 3.8) is 0 Å². The van der Waals surface area contributed by atoms with Gasteiger partial charge in [-0.25, -0.2) is 4.79 Å². The van der Waals surface area contributed by atoms with E-state index < -0.39 is 5.97 Å². The third kappa shape index (κ3) is 3.06. The van der Waals surface area contributed by atoms with Crippen LogP contribution in [0, 0.1) is 0 Å². The fourth-order valence-corrected chi connectivity index (χ4v) is 2.53. The van der Waals surface area contributed by atoms with Crippen molar-refractivity contribution in [1.29, 1.82) is 0 Å². The van der Waals surface area contributed by atoms with Crippen LogP contribution in [0.2, 0.25) is 0 Å². The first-order valence-corrected chi connectivity index (χ1v) is 6.71. The van der Waals surface area contributed by atoms with E-state index >= 15 is 0 Å². The normalized spacial score (nSPS) is 11.9. The number of rotatable bonds is 5. The highest BCUT2D eigenvalue weighted by Gasteiger charge is 2.14. The second-order valence-corrected chi connectivity index (χ2v) is 5.08. The smallest absolute Gasteiger partial charge is 0.337 e. The highest BCUT2D eigenvalue weighted by atomic mass is 32.1. The van der Waals surface area contributed by atoms with Crippen molar-refractivity contribution in [1.82, 2.24) is 0 Å². The molecule has 0 fully saturated rings. The molecule has 0 saturated heterocycles. The average Bonchev–Trinajstić information content (AvgIpc) is 2.92. The van der Waals surface area contributed by atoms with E-state index in [4.69, 9.17) is 4.74 Å². The van der Waals surface area contributed by atoms with Crippen molar-refractivity contribution < 1.29 is 14.6 Å². The number of methoxy groups -OCH3 is 1. The van der Waals surface area contributed by atoms with Gasteiger partial charge in [-0.15, -0.1) is 11.3 Å². The summed E-state index contributed by atoms with van der Waals surface area (Å²) in [5.74, 6) is -0.325. The molecule has 1 heterocycles. The van der Waals surface area contributed by atoms with Gasteiger partial charge in [-0.3, -0.25) is 0 Å². The predicted octanol–water partition coefficient (Wildman–Crippen LogP) is 3.63. The Bertz CT molecular complexity index is 566. The molecule has 0 aliphatic carbocycles. The monoisotopic (exact) mass is 277 g/mol. The van der Waals surface area contributed by atoms with Crippen molar-refractivity contribution in [2.45, 2.75) is 13.0 Å². The van der Waals surface area contributed by atoms with Gasteiger partial charge in [0.1, 0.15) is 5.75 Å². The third-order valence-electron chi connectivity index (χ3n) is 2.80. The Morgan fingerprint density at radius 1 is 1.42 bits per heavy atom. The maximum absolute atomic E-state index is 11.2. The maximum atomic E-state index is 11.2. The van der Waals surface area contributed by atoms with Crippen LogP contribution < -0.4 is 10.1 Å². The molecule has 0 radical (unpaired) electrons. The van der Waals surface area contributed by atoms with Crippen LogP contribution in [-0.2, 0) is 0 Å². The predicted molar refractivity (Wildman–Crippen MR) is 76.3 cm³/mol. The SMILES string of the molecule is COc1ccc(C(=O)O)c(NC(C)c2cccs2)c1. The lowest BCUT2D eigenvalue weighted by molar-refractivity contribution is 0.0698. The van der Waals surface area contributed by atoms with Gasteiger partial charge in [0.2, 0.25) is 0 Å². The Hall–Kier alpha value is -2.01. The van der Waals surface area contributed by atoms with Crippen LogP contribution in [0.1, 0.15) is 28.2 Å². The van der Waals surface area contributed by atoms with Gasteiger partial charge in [0.15, 0.2) is 0 Å². The minimum absolute atomic E-state index is 0.0465. The van der Waals surface area contributed by atoms with Gasteiger partial charge in [-0.2, -0.15) is 0 Å². The van der Waals surface area contributed by atoms with Crippen molar-refractivity contribution in [3.05, 3.63) is 46.2 Å². The quantitative estimate of drug-likeness (QED) is 0.876. The topological polar surface area (TPSA) is 58.6 Å². The largest absolute Gasteiger partial charge is 0.497 e. The van der Waals surface area contributed by atoms with Gasteiger partial charge in [0, 0.05) is 10.9 Å². The Morgan fingerprint density at radius 2 is 2.21 bits per heavy atom. The fraction of sp³-hybridized carbons (Fsp3) is 0.214. The van der Waals surface area contributed by atoms with E-state index in [1.165, 1.54) is 0 Å². The minimum Gasteiger partial charge on any atom is -0.497 e. The fourth-order valence-electron chi connectivity index (χ4n) is 1.80. The molecule has 1 aromatic carbocycles. The molecule has 0 saturated carbocycles. The first-order valence-electron chi connectivity index (χ1n) is 5.83. The molecule has 1 aromatic heterocycles. The number of carbonyl (C=O) groups is 1. The van der Waals surface area contributed by atoms with Crippen LogP contribution in [0.3, 0.4) is 0 Å². The van der Waals surface area contributed by atoms with Crippen LogP contribution in [0.25, 0.3) is 0 Å². The second-order valence-electron chi connectivity index (χ2n) is 4.10. The van der Waals surface area contributed by atoms with Crippen molar-refractivity contribution >= 4 is 23.0 Å². The molecule has 0 aliphatic rings. The zero-order valence-electron chi connectivity index (χ0n) is 10.7. The molecule has 100 valence electrons. The summed E-state index contributed by atoms with van der Waals surface area (Å²) < 4.78 is 5.13. The van der Waals surface area contributed by atoms with E-state index in [-0.39, 0.29) is 11.6 Å². The Kier molecular flexibility index (Phi) is 4.06. The van der Waals surface area contributed by atoms with Gasteiger partial charge in [-0.1, -0.05) is 6.07 Å². The molecular formula is C14H15NO3S. The molecule has 0 amide bonds. The first-order chi connectivity index (χ1) is 9.11. The number of carboxylic acid groups (broad SMARTS) is 1. The molecule has 0 spiro atoms. The van der Waals surface area contributed by atoms with Gasteiger partial charge in [0.05, 0.1) is 24.4 Å². The van der Waals surface area contributed by atoms with Gasteiger partial charge in [0.25, 0.3) is 0 Å². The van der Waals surface area contributed by atoms with E-state index in [9.17, 15) is 9.90 Å². The number of thiophene rings is 1. The Labute approximate surface area is 115 Å². The van der Waals surface area contributed by atoms with Crippen molar-refractivity contribution in [3.8, 4) is 5.75 Å². The van der Waals surface area contributed by atoms with Gasteiger partial charge < -0.3 is 15.2 Å². The number of benzene rings is 1. The number of nitrogens with one attached hydrogen (secondary N) is 1. The highest BCUT2D eigenvalue weighted by molar-refractivity contribution is 7.10. The summed E-state index contributed by atoms with van der Waals surface area (Å²) in [5, 5.41) is 14.4. The van der Waals surface area contributed by atoms with Crippen molar-refractivity contribution in [2.24, 2.45) is 0 Å². The van der Waals surface area contributed by atoms with Crippen LogP contribution in [-0.4, -0.2) is 18.2 Å². The van der Waals surface area contributed by atoms with E-state index in [0.717, 1.165) is 4.88 Å². The summed E-state index contributed by atoms with van der Waals surface area (Å²) in [5.41, 5.74) is 0.803. The number of anilines is 1. The standard InChI is InChI=1S/C14H15NO3S/c1-9(13-4-3-7-19-13)15-12-8-10(18-2)5-6-11(12)14(16)17/h3-9,15H,1-2H3,(H,16,17). The zero-order chi connectivity index (χ0) is 13.8. The third-order valence-corrected chi connectivity index (χ3v) is 3.85. The molecular weight excluding hydrogens is 262 g/mol. The molecule has 0 aliphatic heterocycles. The van der Waals surface area contributed by atoms with E-state index in [1.54, 1.807) is 36.6 Å². The number of carboxylic acids is 1. The summed E-state index contributed by atoms with van der Waals surface area (Å²) in [6.07, 6.45) is 0. The number of aromatic carboxylic acids is 1. The van der Waals surface area contributed by atoms with Crippen LogP contribution >= 0.6 is 11.3 Å². The van der Waals surface area contributed by atoms with Gasteiger partial charge in [-0.05, 0) is 30.5 Å². The summed E-state index contributed by atoms with van der Waals surface area (Å²) in [6, 6.07) is 8.93. The zero-order valence-corrected chi connectivity index (χ0v) is 11.5. The number of ether oxygens (including phenoxy) is 1. The Balaban J connectivity index is 2.29. The van der Waals surface area contributed by atoms with Gasteiger partial charge >= 0.3 is 5.97 Å². The first kappa shape index (κ1) is 13.4. The molecule has 4 nitrogen and oxygen atoms in total. The van der Waals surface area contributed by atoms with E-state index in [1.807, 2.05) is 24.4 Å². The maximum Gasteiger partial charge on any atom is 0.337 e. The van der Waals surface area contributed by atoms with Crippen LogP contribution in [0.4, 0.5) is 5.69 Å². The lowest BCUT2D eigenvalue weighted by Gasteiger charge is -2.16. The van der Waals surface area contributed by atoms with Crippen molar-refractivity contribution in [2.75, 3.05) is 12.4 Å². The summed E-state index contributed by atoms with van der Waals surface area (Å²) >= 11 is 1.63. The minimum atomic E-state index is -0.955. The Morgan fingerprint density at radius 3 is 2.79 bits per heavy atom. The highest BCUT2D eigenvalue weighted by Crippen LogP contribution is 2.28. The van der Waals surface area contributed by atoms with E-state index in [2.05, 4.69) is 5.32 Å². The molecule has 2 aromatic rings. The molecule has 2 N–H and O–H groups in total.